The first-order valence-corrected chi connectivity index (χ1v) is 38.9. The average molecular weight is 1410 g/mol. The summed E-state index contributed by atoms with van der Waals surface area (Å²) in [7, 11) is 0. The molecule has 0 spiro atoms. The highest BCUT2D eigenvalue weighted by molar-refractivity contribution is 6.26. The van der Waals surface area contributed by atoms with Gasteiger partial charge < -0.3 is 4.42 Å². The van der Waals surface area contributed by atoms with Crippen LogP contribution in [-0.4, -0.2) is 0 Å². The quantitative estimate of drug-likeness (QED) is 0.114. The second kappa shape index (κ2) is 24.9. The van der Waals surface area contributed by atoms with Gasteiger partial charge >= 0.3 is 0 Å². The molecule has 1 nitrogen and oxygen atoms in total. The van der Waals surface area contributed by atoms with Gasteiger partial charge in [0.15, 0.2) is 0 Å². The molecule has 20 aromatic carbocycles. The number of hydrogen-bond donors (Lipinski definition) is 0. The van der Waals surface area contributed by atoms with E-state index in [1.54, 1.807) is 0 Å². The highest BCUT2D eigenvalue weighted by Crippen LogP contribution is 2.57. The summed E-state index contributed by atoms with van der Waals surface area (Å²) in [4.78, 5) is 0. The zero-order valence-electron chi connectivity index (χ0n) is 62.2. The van der Waals surface area contributed by atoms with Crippen molar-refractivity contribution in [3.05, 3.63) is 398 Å². The minimum absolute atomic E-state index is 0.0849. The van der Waals surface area contributed by atoms with Crippen molar-refractivity contribution in [3.8, 4) is 100 Å². The molecule has 0 N–H and O–H groups in total. The third-order valence-corrected chi connectivity index (χ3v) is 24.8. The van der Waals surface area contributed by atoms with Gasteiger partial charge in [-0.25, -0.2) is 0 Å². The molecule has 0 amide bonds. The van der Waals surface area contributed by atoms with Crippen LogP contribution in [0.15, 0.2) is 381 Å². The average Bonchev–Trinajstić information content (AvgIpc) is 1.46. The van der Waals surface area contributed by atoms with Gasteiger partial charge in [-0.1, -0.05) is 343 Å². The van der Waals surface area contributed by atoms with Crippen LogP contribution >= 0.6 is 0 Å². The maximum atomic E-state index is 6.17. The molecule has 2 aliphatic carbocycles. The monoisotopic (exact) mass is 1410 g/mol. The van der Waals surface area contributed by atoms with Crippen molar-refractivity contribution < 1.29 is 4.42 Å². The number of para-hydroxylation sites is 1. The number of rotatable bonds is 7. The summed E-state index contributed by atoms with van der Waals surface area (Å²) in [6.07, 6.45) is 0. The third kappa shape index (κ3) is 10.0. The molecule has 0 atom stereocenters. The predicted molar refractivity (Wildman–Crippen MR) is 473 cm³/mol. The highest BCUT2D eigenvalue weighted by atomic mass is 16.3. The van der Waals surface area contributed by atoms with Gasteiger partial charge in [-0.15, -0.1) is 0 Å². The van der Waals surface area contributed by atoms with E-state index in [4.69, 9.17) is 4.42 Å². The molecule has 0 aliphatic heterocycles. The van der Waals surface area contributed by atoms with E-state index in [1.165, 1.54) is 209 Å². The number of hydrogen-bond acceptors (Lipinski definition) is 1. The minimum Gasteiger partial charge on any atom is -0.456 e. The number of fused-ring (bicyclic) bond motifs is 18. The second-order valence-corrected chi connectivity index (χ2v) is 31.6. The molecule has 1 heterocycles. The first kappa shape index (κ1) is 64.5. The van der Waals surface area contributed by atoms with E-state index in [2.05, 4.69) is 392 Å². The van der Waals surface area contributed by atoms with Gasteiger partial charge in [0.25, 0.3) is 0 Å². The van der Waals surface area contributed by atoms with Crippen LogP contribution in [-0.2, 0) is 10.8 Å². The van der Waals surface area contributed by atoms with Crippen LogP contribution in [0.2, 0.25) is 0 Å². The van der Waals surface area contributed by atoms with Gasteiger partial charge in [0.1, 0.15) is 11.2 Å². The fourth-order valence-corrected chi connectivity index (χ4v) is 19.6. The SMILES string of the molecule is CC1(C)c2cc3ccccc3cc2-c2c(-c3cccc(-c4c5ccccc5c(-c5cccc(-c6ccc7oc8ccccc8c7c6)c5)c5ccccc45)c3)cccc21.CC1(C)c2cc3ccccc3cc2-c2c(-c3cccc(-c4c5ccccc5c(-c5cccc6c5ccc5ccccc56)c5ccccc45)c3)cccc21. The van der Waals surface area contributed by atoms with Crippen LogP contribution in [0.5, 0.6) is 0 Å². The Labute approximate surface area is 645 Å². The fraction of sp³-hybridized carbons (Fsp3) is 0.0545. The van der Waals surface area contributed by atoms with Gasteiger partial charge in [-0.2, -0.15) is 0 Å². The van der Waals surface area contributed by atoms with Crippen molar-refractivity contribution in [2.75, 3.05) is 0 Å². The molecule has 1 heteroatoms. The zero-order chi connectivity index (χ0) is 73.8. The first-order chi connectivity index (χ1) is 54.6. The zero-order valence-corrected chi connectivity index (χ0v) is 62.2. The topological polar surface area (TPSA) is 13.1 Å². The van der Waals surface area contributed by atoms with Gasteiger partial charge in [-0.05, 0) is 269 Å². The Hall–Kier alpha value is -13.7. The molecule has 0 radical (unpaired) electrons. The maximum Gasteiger partial charge on any atom is 0.135 e. The summed E-state index contributed by atoms with van der Waals surface area (Å²) in [5, 5.41) is 22.7. The van der Waals surface area contributed by atoms with Crippen molar-refractivity contribution in [1.82, 2.24) is 0 Å². The largest absolute Gasteiger partial charge is 0.456 e. The highest BCUT2D eigenvalue weighted by Gasteiger charge is 2.39. The Morgan fingerprint density at radius 3 is 0.991 bits per heavy atom. The van der Waals surface area contributed by atoms with E-state index in [0.717, 1.165) is 21.9 Å². The van der Waals surface area contributed by atoms with Crippen LogP contribution in [0, 0.1) is 0 Å². The molecule has 2 aliphatic rings. The molecule has 0 bridgehead atoms. The summed E-state index contributed by atoms with van der Waals surface area (Å²) in [6.45, 7) is 9.51. The van der Waals surface area contributed by atoms with E-state index in [9.17, 15) is 0 Å². The van der Waals surface area contributed by atoms with Crippen molar-refractivity contribution in [3.63, 3.8) is 0 Å². The fourth-order valence-electron chi connectivity index (χ4n) is 19.6. The Kier molecular flexibility index (Phi) is 14.5. The number of furan rings is 1. The van der Waals surface area contributed by atoms with Gasteiger partial charge in [-0.3, -0.25) is 0 Å². The first-order valence-electron chi connectivity index (χ1n) is 38.9. The molecule has 111 heavy (non-hydrogen) atoms. The Morgan fingerprint density at radius 1 is 0.162 bits per heavy atom. The lowest BCUT2D eigenvalue weighted by molar-refractivity contribution is 0.661. The lowest BCUT2D eigenvalue weighted by Gasteiger charge is -2.22. The predicted octanol–water partition coefficient (Wildman–Crippen LogP) is 30.8. The smallest absolute Gasteiger partial charge is 0.135 e. The van der Waals surface area contributed by atoms with Crippen LogP contribution < -0.4 is 0 Å². The summed E-state index contributed by atoms with van der Waals surface area (Å²) in [6, 6.07) is 140. The molecule has 0 fully saturated rings. The van der Waals surface area contributed by atoms with Crippen molar-refractivity contribution in [2.45, 2.75) is 38.5 Å². The molecule has 21 aromatic rings. The van der Waals surface area contributed by atoms with Crippen molar-refractivity contribution in [1.29, 1.82) is 0 Å². The van der Waals surface area contributed by atoms with Crippen LogP contribution in [0.4, 0.5) is 0 Å². The standard InChI is InChI=1S/C57H38O.C53H36/c1-57(2)50-26-13-25-42(56(50)49-33-36-14-3-4-15-37(36)34-51(49)57)39-17-12-19-41(31-39)55-46-23-7-5-21-44(46)54(45-22-6-8-24-47(45)55)40-18-11-16-35(30-40)38-28-29-53-48(32-38)43-20-9-10-27-52(43)58-53;1-53(2)48-27-13-24-39(52(48)47-31-34-15-3-4-16-35(34)32-49(47)53)36-17-11-18-37(30-36)50-43-20-7-9-22-45(43)51(46-23-10-8-21-44(46)50)42-26-12-25-40-38-19-6-5-14-33(38)28-29-41(40)42/h3-34H,1-2H3;3-32H,1-2H3. The molecule has 1 aromatic heterocycles. The van der Waals surface area contributed by atoms with E-state index in [0.29, 0.717) is 0 Å². The summed E-state index contributed by atoms with van der Waals surface area (Å²) < 4.78 is 6.17. The van der Waals surface area contributed by atoms with Crippen molar-refractivity contribution >= 4 is 108 Å². The number of benzene rings is 20. The van der Waals surface area contributed by atoms with Crippen LogP contribution in [0.1, 0.15) is 49.9 Å². The van der Waals surface area contributed by atoms with Crippen LogP contribution in [0.3, 0.4) is 0 Å². The summed E-state index contributed by atoms with van der Waals surface area (Å²) in [5.74, 6) is 0. The van der Waals surface area contributed by atoms with Gasteiger partial charge in [0.2, 0.25) is 0 Å². The normalized spacial score (nSPS) is 13.2. The summed E-state index contributed by atoms with van der Waals surface area (Å²) in [5.41, 5.74) is 30.1. The van der Waals surface area contributed by atoms with E-state index in [-0.39, 0.29) is 10.8 Å². The molecule has 520 valence electrons. The molecule has 0 saturated heterocycles. The van der Waals surface area contributed by atoms with E-state index >= 15 is 0 Å². The molecule has 0 unspecified atom stereocenters. The molecule has 0 saturated carbocycles. The Bertz CT molecular complexity index is 7410. The van der Waals surface area contributed by atoms with Gasteiger partial charge in [0.05, 0.1) is 0 Å². The second-order valence-electron chi connectivity index (χ2n) is 31.6. The lowest BCUT2D eigenvalue weighted by Crippen LogP contribution is -2.14. The third-order valence-electron chi connectivity index (χ3n) is 24.8. The van der Waals surface area contributed by atoms with Gasteiger partial charge in [0, 0.05) is 21.6 Å². The molecular formula is C110H74O. The van der Waals surface area contributed by atoms with E-state index in [1.807, 2.05) is 12.1 Å². The Balaban J connectivity index is 0.000000137. The molecule has 23 rings (SSSR count). The lowest BCUT2D eigenvalue weighted by atomic mass is 9.81. The summed E-state index contributed by atoms with van der Waals surface area (Å²) >= 11 is 0. The van der Waals surface area contributed by atoms with Crippen LogP contribution in [0.25, 0.3) is 208 Å². The maximum absolute atomic E-state index is 6.17. The Morgan fingerprint density at radius 2 is 0.505 bits per heavy atom. The molecular weight excluding hydrogens is 1340 g/mol. The van der Waals surface area contributed by atoms with E-state index < -0.39 is 0 Å². The minimum atomic E-state index is -0.0950. The van der Waals surface area contributed by atoms with Crippen molar-refractivity contribution in [2.24, 2.45) is 0 Å².